The Morgan fingerprint density at radius 1 is 1.18 bits per heavy atom. The summed E-state index contributed by atoms with van der Waals surface area (Å²) in [6.07, 6.45) is 1.92. The van der Waals surface area contributed by atoms with Crippen molar-refractivity contribution >= 4 is 0 Å². The van der Waals surface area contributed by atoms with Crippen LogP contribution in [0.2, 0.25) is 0 Å². The molecule has 2 rings (SSSR count). The molecule has 0 amide bonds. The summed E-state index contributed by atoms with van der Waals surface area (Å²) >= 11 is 0. The Morgan fingerprint density at radius 2 is 1.71 bits per heavy atom. The van der Waals surface area contributed by atoms with Crippen molar-refractivity contribution in [2.24, 2.45) is 0 Å². The normalized spacial score (nSPS) is 34.1. The lowest BCUT2D eigenvalue weighted by molar-refractivity contribution is -0.0191. The van der Waals surface area contributed by atoms with E-state index in [4.69, 9.17) is 9.47 Å². The second kappa shape index (κ2) is 5.63. The lowest BCUT2D eigenvalue weighted by Gasteiger charge is -2.35. The zero-order chi connectivity index (χ0) is 12.3. The molecule has 2 aliphatic heterocycles. The quantitative estimate of drug-likeness (QED) is 0.695. The molecule has 2 aliphatic rings. The molecule has 0 aliphatic carbocycles. The fourth-order valence-corrected chi connectivity index (χ4v) is 2.87. The van der Waals surface area contributed by atoms with Gasteiger partial charge in [0, 0.05) is 33.9 Å². The van der Waals surface area contributed by atoms with Crippen LogP contribution in [0.1, 0.15) is 12.8 Å². The van der Waals surface area contributed by atoms with Crippen LogP contribution in [0, 0.1) is 0 Å². The number of ether oxygens (including phenoxy) is 2. The maximum atomic E-state index is 10.5. The van der Waals surface area contributed by atoms with Gasteiger partial charge in [-0.3, -0.25) is 4.90 Å². The van der Waals surface area contributed by atoms with Crippen LogP contribution in [0.25, 0.3) is 0 Å². The number of nitrogens with zero attached hydrogens (tertiary/aromatic N) is 1. The number of methoxy groups -OCH3 is 2. The van der Waals surface area contributed by atoms with E-state index in [-0.39, 0.29) is 12.2 Å². The van der Waals surface area contributed by atoms with Crippen LogP contribution in [0.5, 0.6) is 0 Å². The Morgan fingerprint density at radius 3 is 2.18 bits per heavy atom. The maximum Gasteiger partial charge on any atom is 0.0971 e. The van der Waals surface area contributed by atoms with Crippen molar-refractivity contribution in [3.63, 3.8) is 0 Å². The minimum absolute atomic E-state index is 0.130. The summed E-state index contributed by atoms with van der Waals surface area (Å²) in [5.74, 6) is 0. The van der Waals surface area contributed by atoms with E-state index in [0.717, 1.165) is 45.6 Å². The first-order valence-corrected chi connectivity index (χ1v) is 6.38. The van der Waals surface area contributed by atoms with Crippen LogP contribution in [0.3, 0.4) is 0 Å². The minimum Gasteiger partial charge on any atom is -0.388 e. The molecule has 0 aromatic rings. The van der Waals surface area contributed by atoms with Crippen molar-refractivity contribution in [2.75, 3.05) is 46.9 Å². The van der Waals surface area contributed by atoms with Gasteiger partial charge in [-0.05, 0) is 25.9 Å². The van der Waals surface area contributed by atoms with Crippen molar-refractivity contribution in [3.05, 3.63) is 0 Å². The fourth-order valence-electron chi connectivity index (χ4n) is 2.87. The minimum atomic E-state index is -0.536. The Kier molecular flexibility index (Phi) is 4.38. The first kappa shape index (κ1) is 13.2. The molecule has 2 fully saturated rings. The molecule has 2 saturated heterocycles. The van der Waals surface area contributed by atoms with Crippen LogP contribution in [0.4, 0.5) is 0 Å². The zero-order valence-electron chi connectivity index (χ0n) is 10.8. The molecule has 2 unspecified atom stereocenters. The van der Waals surface area contributed by atoms with E-state index in [1.54, 1.807) is 14.2 Å². The van der Waals surface area contributed by atoms with Gasteiger partial charge in [0.1, 0.15) is 0 Å². The van der Waals surface area contributed by atoms with E-state index in [1.807, 2.05) is 0 Å². The average molecular weight is 244 g/mol. The highest BCUT2D eigenvalue weighted by Gasteiger charge is 2.38. The van der Waals surface area contributed by atoms with Gasteiger partial charge in [-0.1, -0.05) is 0 Å². The number of hydrogen-bond acceptors (Lipinski definition) is 5. The molecular formula is C12H24N2O3. The van der Waals surface area contributed by atoms with Gasteiger partial charge in [-0.2, -0.15) is 0 Å². The average Bonchev–Trinajstić information content (AvgIpc) is 2.71. The molecule has 0 bridgehead atoms. The van der Waals surface area contributed by atoms with Crippen LogP contribution in [-0.4, -0.2) is 74.8 Å². The molecule has 100 valence electrons. The highest BCUT2D eigenvalue weighted by atomic mass is 16.5. The summed E-state index contributed by atoms with van der Waals surface area (Å²) < 4.78 is 10.8. The monoisotopic (exact) mass is 244 g/mol. The summed E-state index contributed by atoms with van der Waals surface area (Å²) in [6, 6.07) is 0. The molecule has 0 spiro atoms. The summed E-state index contributed by atoms with van der Waals surface area (Å²) in [6.45, 7) is 4.25. The van der Waals surface area contributed by atoms with Crippen LogP contribution in [-0.2, 0) is 9.47 Å². The van der Waals surface area contributed by atoms with Crippen LogP contribution >= 0.6 is 0 Å². The van der Waals surface area contributed by atoms with Gasteiger partial charge in [0.05, 0.1) is 17.8 Å². The van der Waals surface area contributed by atoms with Crippen molar-refractivity contribution in [1.29, 1.82) is 0 Å². The predicted octanol–water partition coefficient (Wildman–Crippen LogP) is -0.553. The van der Waals surface area contributed by atoms with Gasteiger partial charge >= 0.3 is 0 Å². The van der Waals surface area contributed by atoms with E-state index in [2.05, 4.69) is 10.2 Å². The lowest BCUT2D eigenvalue weighted by atomic mass is 9.92. The Balaban J connectivity index is 1.87. The number of nitrogens with one attached hydrogen (secondary N) is 1. The molecule has 2 N–H and O–H groups in total. The molecule has 0 saturated carbocycles. The topological polar surface area (TPSA) is 54.0 Å². The molecule has 0 radical (unpaired) electrons. The molecule has 0 aromatic carbocycles. The lowest BCUT2D eigenvalue weighted by Crippen LogP contribution is -2.49. The van der Waals surface area contributed by atoms with E-state index in [9.17, 15) is 5.11 Å². The van der Waals surface area contributed by atoms with E-state index < -0.39 is 5.60 Å². The Labute approximate surface area is 103 Å². The van der Waals surface area contributed by atoms with Crippen LogP contribution in [0.15, 0.2) is 0 Å². The molecule has 2 atom stereocenters. The van der Waals surface area contributed by atoms with E-state index in [1.165, 1.54) is 0 Å². The number of β-amino-alcohol motifs (C(OH)–C–C–N with tert-alkyl or cyclic N) is 1. The number of likely N-dealkylation sites (tertiary alicyclic amines) is 1. The van der Waals surface area contributed by atoms with Crippen molar-refractivity contribution in [2.45, 2.75) is 30.7 Å². The summed E-state index contributed by atoms with van der Waals surface area (Å²) in [5, 5.41) is 13.8. The first-order valence-electron chi connectivity index (χ1n) is 6.38. The zero-order valence-corrected chi connectivity index (χ0v) is 10.8. The van der Waals surface area contributed by atoms with Crippen molar-refractivity contribution < 1.29 is 14.6 Å². The Hall–Kier alpha value is -0.200. The summed E-state index contributed by atoms with van der Waals surface area (Å²) in [7, 11) is 3.44. The third kappa shape index (κ3) is 3.17. The molecule has 2 heterocycles. The second-order valence-corrected chi connectivity index (χ2v) is 5.22. The van der Waals surface area contributed by atoms with Gasteiger partial charge in [0.25, 0.3) is 0 Å². The van der Waals surface area contributed by atoms with Gasteiger partial charge in [-0.15, -0.1) is 0 Å². The fraction of sp³-hybridized carbons (Fsp3) is 1.00. The number of hydrogen-bond donors (Lipinski definition) is 2. The largest absolute Gasteiger partial charge is 0.388 e. The molecule has 17 heavy (non-hydrogen) atoms. The second-order valence-electron chi connectivity index (χ2n) is 5.22. The smallest absolute Gasteiger partial charge is 0.0971 e. The van der Waals surface area contributed by atoms with E-state index >= 15 is 0 Å². The number of rotatable bonds is 4. The van der Waals surface area contributed by atoms with Crippen LogP contribution < -0.4 is 5.32 Å². The summed E-state index contributed by atoms with van der Waals surface area (Å²) in [5.41, 5.74) is -0.536. The molecule has 5 heteroatoms. The summed E-state index contributed by atoms with van der Waals surface area (Å²) in [4.78, 5) is 2.26. The number of piperidine rings is 1. The van der Waals surface area contributed by atoms with Crippen molar-refractivity contribution in [3.8, 4) is 0 Å². The van der Waals surface area contributed by atoms with Crippen molar-refractivity contribution in [1.82, 2.24) is 10.2 Å². The third-order valence-electron chi connectivity index (χ3n) is 3.95. The SMILES string of the molecule is COC1CN(CC2(O)CCNCC2)CC1OC. The molecule has 5 nitrogen and oxygen atoms in total. The molecule has 0 aromatic heterocycles. The highest BCUT2D eigenvalue weighted by molar-refractivity contribution is 4.93. The predicted molar refractivity (Wildman–Crippen MR) is 65.1 cm³/mol. The highest BCUT2D eigenvalue weighted by Crippen LogP contribution is 2.23. The van der Waals surface area contributed by atoms with Gasteiger partial charge < -0.3 is 19.9 Å². The maximum absolute atomic E-state index is 10.5. The standard InChI is InChI=1S/C12H24N2O3/c1-16-10-7-14(8-11(10)17-2)9-12(15)3-5-13-6-4-12/h10-11,13,15H,3-9H2,1-2H3. The van der Waals surface area contributed by atoms with Gasteiger partial charge in [0.2, 0.25) is 0 Å². The third-order valence-corrected chi connectivity index (χ3v) is 3.95. The Bertz CT molecular complexity index is 232. The number of aliphatic hydroxyl groups is 1. The van der Waals surface area contributed by atoms with Gasteiger partial charge in [-0.25, -0.2) is 0 Å². The van der Waals surface area contributed by atoms with E-state index in [0.29, 0.717) is 0 Å². The van der Waals surface area contributed by atoms with Gasteiger partial charge in [0.15, 0.2) is 0 Å². The molecular weight excluding hydrogens is 220 g/mol. The first-order chi connectivity index (χ1) is 8.17.